The standard InChI is InChI=1S/C7H12O6S/c1-4(5(8)9)14(12,13)7(2,3)6(10)11/h4H,1-3H3,(H,8,9)(H,10,11). The first kappa shape index (κ1) is 12.9. The van der Waals surface area contributed by atoms with E-state index in [9.17, 15) is 18.0 Å². The Morgan fingerprint density at radius 2 is 1.57 bits per heavy atom. The minimum atomic E-state index is -4.24. The molecule has 0 aromatic rings. The van der Waals surface area contributed by atoms with Crippen LogP contribution in [0.15, 0.2) is 0 Å². The first-order chi connectivity index (χ1) is 6.05. The van der Waals surface area contributed by atoms with E-state index >= 15 is 0 Å². The molecule has 2 N–H and O–H groups in total. The van der Waals surface area contributed by atoms with Crippen molar-refractivity contribution in [3.8, 4) is 0 Å². The van der Waals surface area contributed by atoms with E-state index in [1.54, 1.807) is 0 Å². The van der Waals surface area contributed by atoms with E-state index in [2.05, 4.69) is 0 Å². The molecule has 6 nitrogen and oxygen atoms in total. The monoisotopic (exact) mass is 224 g/mol. The summed E-state index contributed by atoms with van der Waals surface area (Å²) < 4.78 is 20.9. The molecule has 14 heavy (non-hydrogen) atoms. The molecule has 0 radical (unpaired) electrons. The van der Waals surface area contributed by atoms with Gasteiger partial charge in [0.2, 0.25) is 0 Å². The molecule has 0 rings (SSSR count). The Kier molecular flexibility index (Phi) is 3.28. The first-order valence-electron chi connectivity index (χ1n) is 3.74. The van der Waals surface area contributed by atoms with Gasteiger partial charge in [-0.3, -0.25) is 9.59 Å². The van der Waals surface area contributed by atoms with E-state index in [-0.39, 0.29) is 0 Å². The Morgan fingerprint density at radius 1 is 1.21 bits per heavy atom. The van der Waals surface area contributed by atoms with E-state index in [4.69, 9.17) is 10.2 Å². The van der Waals surface area contributed by atoms with Crippen molar-refractivity contribution < 1.29 is 28.2 Å². The summed E-state index contributed by atoms with van der Waals surface area (Å²) in [5.41, 5.74) is 0. The third kappa shape index (κ3) is 1.87. The third-order valence-corrected chi connectivity index (χ3v) is 4.77. The van der Waals surface area contributed by atoms with Crippen molar-refractivity contribution in [2.24, 2.45) is 0 Å². The van der Waals surface area contributed by atoms with Crippen LogP contribution >= 0.6 is 0 Å². The predicted molar refractivity (Wildman–Crippen MR) is 47.7 cm³/mol. The number of carbonyl (C=O) groups is 2. The fraction of sp³-hybridized carbons (Fsp3) is 0.714. The lowest BCUT2D eigenvalue weighted by Crippen LogP contribution is -2.47. The molecular formula is C7H12O6S. The molecule has 0 heterocycles. The van der Waals surface area contributed by atoms with Crippen molar-refractivity contribution >= 4 is 21.8 Å². The van der Waals surface area contributed by atoms with Gasteiger partial charge in [0.1, 0.15) is 0 Å². The van der Waals surface area contributed by atoms with E-state index in [1.165, 1.54) is 0 Å². The second kappa shape index (κ2) is 3.56. The molecule has 7 heteroatoms. The molecule has 0 fully saturated rings. The maximum absolute atomic E-state index is 11.5. The van der Waals surface area contributed by atoms with Gasteiger partial charge in [0, 0.05) is 0 Å². The van der Waals surface area contributed by atoms with Crippen molar-refractivity contribution in [1.29, 1.82) is 0 Å². The molecule has 0 aromatic carbocycles. The molecule has 0 spiro atoms. The van der Waals surface area contributed by atoms with Crippen molar-refractivity contribution in [3.63, 3.8) is 0 Å². The largest absolute Gasteiger partial charge is 0.480 e. The smallest absolute Gasteiger partial charge is 0.324 e. The minimum absolute atomic E-state index is 0.947. The molecule has 0 aliphatic heterocycles. The van der Waals surface area contributed by atoms with Gasteiger partial charge in [-0.15, -0.1) is 0 Å². The van der Waals surface area contributed by atoms with Crippen LogP contribution in [-0.4, -0.2) is 40.6 Å². The summed E-state index contributed by atoms with van der Waals surface area (Å²) in [6, 6.07) is 0. The van der Waals surface area contributed by atoms with Crippen LogP contribution in [0.25, 0.3) is 0 Å². The van der Waals surface area contributed by atoms with Crippen LogP contribution in [0.4, 0.5) is 0 Å². The Morgan fingerprint density at radius 3 is 1.79 bits per heavy atom. The molecule has 0 aromatic heterocycles. The van der Waals surface area contributed by atoms with Crippen molar-refractivity contribution in [2.75, 3.05) is 0 Å². The van der Waals surface area contributed by atoms with Gasteiger partial charge >= 0.3 is 11.9 Å². The van der Waals surface area contributed by atoms with Gasteiger partial charge in [0.25, 0.3) is 0 Å². The molecule has 1 atom stereocenters. The van der Waals surface area contributed by atoms with Gasteiger partial charge in [-0.25, -0.2) is 8.42 Å². The van der Waals surface area contributed by atoms with Crippen molar-refractivity contribution in [3.05, 3.63) is 0 Å². The highest BCUT2D eigenvalue weighted by Crippen LogP contribution is 2.21. The number of hydrogen-bond donors (Lipinski definition) is 2. The average molecular weight is 224 g/mol. The van der Waals surface area contributed by atoms with E-state index in [1.807, 2.05) is 0 Å². The van der Waals surface area contributed by atoms with Crippen LogP contribution < -0.4 is 0 Å². The number of sulfone groups is 1. The summed E-state index contributed by atoms with van der Waals surface area (Å²) in [5.74, 6) is -3.12. The molecule has 0 amide bonds. The lowest BCUT2D eigenvalue weighted by molar-refractivity contribution is -0.139. The van der Waals surface area contributed by atoms with E-state index < -0.39 is 31.8 Å². The van der Waals surface area contributed by atoms with E-state index in [0.717, 1.165) is 20.8 Å². The molecule has 0 saturated carbocycles. The SMILES string of the molecule is CC(C(=O)O)S(=O)(=O)C(C)(C)C(=O)O. The summed E-state index contributed by atoms with van der Waals surface area (Å²) in [6.45, 7) is 2.87. The van der Waals surface area contributed by atoms with Crippen LogP contribution in [-0.2, 0) is 19.4 Å². The number of hydrogen-bond acceptors (Lipinski definition) is 4. The van der Waals surface area contributed by atoms with Crippen LogP contribution in [0, 0.1) is 0 Å². The first-order valence-corrected chi connectivity index (χ1v) is 5.29. The Bertz CT molecular complexity index is 352. The van der Waals surface area contributed by atoms with Crippen molar-refractivity contribution in [2.45, 2.75) is 30.8 Å². The van der Waals surface area contributed by atoms with Gasteiger partial charge in [-0.1, -0.05) is 0 Å². The molecule has 82 valence electrons. The summed E-state index contributed by atoms with van der Waals surface area (Å²) in [6.07, 6.45) is 0. The van der Waals surface area contributed by atoms with E-state index in [0.29, 0.717) is 0 Å². The molecule has 0 saturated heterocycles. The van der Waals surface area contributed by atoms with Gasteiger partial charge < -0.3 is 10.2 Å². The molecule has 0 aliphatic carbocycles. The zero-order chi connectivity index (χ0) is 11.7. The zero-order valence-corrected chi connectivity index (χ0v) is 8.83. The summed E-state index contributed by atoms with van der Waals surface area (Å²) >= 11 is 0. The fourth-order valence-corrected chi connectivity index (χ4v) is 2.09. The van der Waals surface area contributed by atoms with Crippen LogP contribution in [0.5, 0.6) is 0 Å². The Balaban J connectivity index is 5.38. The lowest BCUT2D eigenvalue weighted by atomic mass is 10.2. The highest BCUT2D eigenvalue weighted by Gasteiger charge is 2.47. The summed E-state index contributed by atoms with van der Waals surface area (Å²) in [5, 5.41) is 15.4. The van der Waals surface area contributed by atoms with Gasteiger partial charge in [0.05, 0.1) is 0 Å². The van der Waals surface area contributed by atoms with Crippen LogP contribution in [0.2, 0.25) is 0 Å². The average Bonchev–Trinajstić information content (AvgIpc) is 2.01. The summed E-state index contributed by atoms with van der Waals surface area (Å²) in [7, 11) is -4.24. The Labute approximate surface area is 81.5 Å². The summed E-state index contributed by atoms with van der Waals surface area (Å²) in [4.78, 5) is 21.1. The zero-order valence-electron chi connectivity index (χ0n) is 8.01. The van der Waals surface area contributed by atoms with Gasteiger partial charge in [-0.2, -0.15) is 0 Å². The van der Waals surface area contributed by atoms with Crippen molar-refractivity contribution in [1.82, 2.24) is 0 Å². The fourth-order valence-electron chi connectivity index (χ4n) is 0.696. The normalized spacial score (nSPS) is 14.8. The van der Waals surface area contributed by atoms with Crippen LogP contribution in [0.3, 0.4) is 0 Å². The molecule has 1 unspecified atom stereocenters. The van der Waals surface area contributed by atoms with Gasteiger partial charge in [-0.05, 0) is 20.8 Å². The number of rotatable bonds is 4. The second-order valence-electron chi connectivity index (χ2n) is 3.34. The quantitative estimate of drug-likeness (QED) is 0.680. The van der Waals surface area contributed by atoms with Gasteiger partial charge in [0.15, 0.2) is 19.8 Å². The topological polar surface area (TPSA) is 109 Å². The highest BCUT2D eigenvalue weighted by molar-refractivity contribution is 7.94. The predicted octanol–water partition coefficient (Wildman–Crippen LogP) is -0.263. The molecule has 0 aliphatic rings. The lowest BCUT2D eigenvalue weighted by Gasteiger charge is -2.21. The molecular weight excluding hydrogens is 212 g/mol. The molecule has 0 bridgehead atoms. The maximum Gasteiger partial charge on any atom is 0.324 e. The Hall–Kier alpha value is -1.11. The van der Waals surface area contributed by atoms with Crippen LogP contribution in [0.1, 0.15) is 20.8 Å². The third-order valence-electron chi connectivity index (χ3n) is 2.04. The number of carboxylic acids is 2. The second-order valence-corrected chi connectivity index (χ2v) is 6.16. The number of carboxylic acid groups (broad SMARTS) is 2. The highest BCUT2D eigenvalue weighted by atomic mass is 32.2. The minimum Gasteiger partial charge on any atom is -0.480 e. The number of aliphatic carboxylic acids is 2. The maximum atomic E-state index is 11.5.